The number of ether oxygens (including phenoxy) is 2. The van der Waals surface area contributed by atoms with E-state index in [-0.39, 0.29) is 12.6 Å². The maximum Gasteiger partial charge on any atom is 0.508 e. The molecule has 1 unspecified atom stereocenters. The Kier molecular flexibility index (Phi) is 1.89. The third-order valence-corrected chi connectivity index (χ3v) is 1.12. The summed E-state index contributed by atoms with van der Waals surface area (Å²) in [6.07, 6.45) is 0.0779. The predicted octanol–water partition coefficient (Wildman–Crippen LogP) is -0.129. The third-order valence-electron chi connectivity index (χ3n) is 1.12. The molecule has 0 amide bonds. The molecule has 0 aromatic rings. The smallest absolute Gasteiger partial charge is 0.434 e. The van der Waals surface area contributed by atoms with Crippen molar-refractivity contribution in [2.75, 3.05) is 13.2 Å². The van der Waals surface area contributed by atoms with Gasteiger partial charge in [-0.3, -0.25) is 0 Å². The predicted molar refractivity (Wildman–Crippen MR) is 29.9 cm³/mol. The highest BCUT2D eigenvalue weighted by Gasteiger charge is 2.13. The van der Waals surface area contributed by atoms with Gasteiger partial charge in [0.15, 0.2) is 0 Å². The number of cyclic esters (lactones) is 2. The molecule has 1 fully saturated rings. The van der Waals surface area contributed by atoms with Crippen LogP contribution in [-0.4, -0.2) is 25.4 Å². The number of rotatable bonds is 0. The Hall–Kier alpha value is -0.770. The summed E-state index contributed by atoms with van der Waals surface area (Å²) < 4.78 is 9.06. The first kappa shape index (κ1) is 6.35. The molecule has 0 saturated carbocycles. The number of hydrogen-bond donors (Lipinski definition) is 1. The summed E-state index contributed by atoms with van der Waals surface area (Å²) in [7, 11) is 0. The minimum atomic E-state index is -0.608. The van der Waals surface area contributed by atoms with Gasteiger partial charge in [0, 0.05) is 12.5 Å². The first-order valence-corrected chi connectivity index (χ1v) is 2.84. The maximum atomic E-state index is 10.3. The lowest BCUT2D eigenvalue weighted by Gasteiger charge is -2.01. The summed E-state index contributed by atoms with van der Waals surface area (Å²) in [6, 6.07) is -0.0588. The van der Waals surface area contributed by atoms with Crippen molar-refractivity contribution in [3.05, 3.63) is 0 Å². The normalized spacial score (nSPS) is 28.1. The van der Waals surface area contributed by atoms with Gasteiger partial charge in [0.2, 0.25) is 0 Å². The van der Waals surface area contributed by atoms with Crippen LogP contribution in [-0.2, 0) is 9.47 Å². The van der Waals surface area contributed by atoms with Gasteiger partial charge in [-0.1, -0.05) is 0 Å². The molecule has 52 valence electrons. The molecule has 1 aliphatic heterocycles. The van der Waals surface area contributed by atoms with Crippen LogP contribution in [0.4, 0.5) is 4.79 Å². The SMILES string of the molecule is NC1CCOC(=O)OC1. The summed E-state index contributed by atoms with van der Waals surface area (Å²) in [5, 5.41) is 0. The monoisotopic (exact) mass is 131 g/mol. The molecule has 9 heavy (non-hydrogen) atoms. The van der Waals surface area contributed by atoms with Gasteiger partial charge >= 0.3 is 6.16 Å². The van der Waals surface area contributed by atoms with Gasteiger partial charge in [-0.25, -0.2) is 4.79 Å². The average molecular weight is 131 g/mol. The summed E-state index contributed by atoms with van der Waals surface area (Å²) in [5.74, 6) is 0. The van der Waals surface area contributed by atoms with E-state index >= 15 is 0 Å². The quantitative estimate of drug-likeness (QED) is 0.465. The highest BCUT2D eigenvalue weighted by Crippen LogP contribution is 1.98. The minimum absolute atomic E-state index is 0.0588. The van der Waals surface area contributed by atoms with E-state index in [0.717, 1.165) is 0 Å². The van der Waals surface area contributed by atoms with E-state index in [9.17, 15) is 4.79 Å². The second kappa shape index (κ2) is 2.68. The lowest BCUT2D eigenvalue weighted by molar-refractivity contribution is 0.0718. The molecule has 0 spiro atoms. The molecular formula is C5H9NO3. The van der Waals surface area contributed by atoms with E-state index in [1.807, 2.05) is 0 Å². The van der Waals surface area contributed by atoms with E-state index in [1.54, 1.807) is 0 Å². The lowest BCUT2D eigenvalue weighted by atomic mass is 10.2. The van der Waals surface area contributed by atoms with Gasteiger partial charge in [0.1, 0.15) is 6.61 Å². The first-order valence-electron chi connectivity index (χ1n) is 2.84. The van der Waals surface area contributed by atoms with Crippen LogP contribution in [0.1, 0.15) is 6.42 Å². The molecule has 0 aromatic heterocycles. The second-order valence-electron chi connectivity index (χ2n) is 1.96. The highest BCUT2D eigenvalue weighted by atomic mass is 16.7. The molecule has 0 radical (unpaired) electrons. The van der Waals surface area contributed by atoms with Gasteiger partial charge in [-0.2, -0.15) is 0 Å². The molecule has 1 saturated heterocycles. The summed E-state index contributed by atoms with van der Waals surface area (Å²) in [4.78, 5) is 10.3. The van der Waals surface area contributed by atoms with Crippen LogP contribution in [0.2, 0.25) is 0 Å². The van der Waals surface area contributed by atoms with Gasteiger partial charge in [-0.05, 0) is 0 Å². The van der Waals surface area contributed by atoms with Crippen LogP contribution in [0.5, 0.6) is 0 Å². The Morgan fingerprint density at radius 3 is 3.11 bits per heavy atom. The Bertz CT molecular complexity index is 115. The fraction of sp³-hybridized carbons (Fsp3) is 0.800. The molecule has 1 aliphatic rings. The fourth-order valence-corrected chi connectivity index (χ4v) is 0.594. The molecule has 1 atom stereocenters. The largest absolute Gasteiger partial charge is 0.508 e. The van der Waals surface area contributed by atoms with Crippen LogP contribution in [0.3, 0.4) is 0 Å². The Morgan fingerprint density at radius 2 is 2.33 bits per heavy atom. The molecule has 1 heterocycles. The van der Waals surface area contributed by atoms with E-state index in [4.69, 9.17) is 5.73 Å². The number of hydrogen-bond acceptors (Lipinski definition) is 4. The van der Waals surface area contributed by atoms with E-state index < -0.39 is 6.16 Å². The van der Waals surface area contributed by atoms with Gasteiger partial charge < -0.3 is 15.2 Å². The summed E-state index contributed by atoms with van der Waals surface area (Å²) >= 11 is 0. The lowest BCUT2D eigenvalue weighted by Crippen LogP contribution is -2.25. The zero-order chi connectivity index (χ0) is 6.69. The first-order chi connectivity index (χ1) is 4.29. The standard InChI is InChI=1S/C5H9NO3/c6-4-1-2-8-5(7)9-3-4/h4H,1-3,6H2. The topological polar surface area (TPSA) is 61.5 Å². The average Bonchev–Trinajstić information content (AvgIpc) is 1.97. The third kappa shape index (κ3) is 1.89. The van der Waals surface area contributed by atoms with E-state index in [2.05, 4.69) is 9.47 Å². The van der Waals surface area contributed by atoms with Crippen LogP contribution in [0.15, 0.2) is 0 Å². The molecule has 2 N–H and O–H groups in total. The van der Waals surface area contributed by atoms with E-state index in [1.165, 1.54) is 0 Å². The van der Waals surface area contributed by atoms with Crippen LogP contribution in [0, 0.1) is 0 Å². The van der Waals surface area contributed by atoms with Crippen molar-refractivity contribution >= 4 is 6.16 Å². The zero-order valence-electron chi connectivity index (χ0n) is 5.00. The second-order valence-corrected chi connectivity index (χ2v) is 1.96. The molecule has 4 heteroatoms. The molecule has 1 rings (SSSR count). The molecule has 4 nitrogen and oxygen atoms in total. The Balaban J connectivity index is 2.34. The van der Waals surface area contributed by atoms with Crippen molar-refractivity contribution in [3.8, 4) is 0 Å². The van der Waals surface area contributed by atoms with Crippen LogP contribution in [0.25, 0.3) is 0 Å². The molecular weight excluding hydrogens is 122 g/mol. The summed E-state index contributed by atoms with van der Waals surface area (Å²) in [5.41, 5.74) is 5.44. The van der Waals surface area contributed by atoms with Crippen molar-refractivity contribution in [1.82, 2.24) is 0 Å². The minimum Gasteiger partial charge on any atom is -0.434 e. The van der Waals surface area contributed by atoms with Crippen molar-refractivity contribution in [3.63, 3.8) is 0 Å². The Labute approximate surface area is 52.9 Å². The summed E-state index contributed by atoms with van der Waals surface area (Å²) in [6.45, 7) is 0.652. The zero-order valence-corrected chi connectivity index (χ0v) is 5.00. The van der Waals surface area contributed by atoms with E-state index in [0.29, 0.717) is 13.0 Å². The number of carbonyl (C=O) groups excluding carboxylic acids is 1. The van der Waals surface area contributed by atoms with Crippen molar-refractivity contribution in [2.24, 2.45) is 5.73 Å². The Morgan fingerprint density at radius 1 is 1.56 bits per heavy atom. The van der Waals surface area contributed by atoms with Crippen LogP contribution >= 0.6 is 0 Å². The molecule has 0 aliphatic carbocycles. The highest BCUT2D eigenvalue weighted by molar-refractivity contribution is 5.60. The molecule has 0 bridgehead atoms. The van der Waals surface area contributed by atoms with Gasteiger partial charge in [-0.15, -0.1) is 0 Å². The molecule has 0 aromatic carbocycles. The maximum absolute atomic E-state index is 10.3. The van der Waals surface area contributed by atoms with Gasteiger partial charge in [0.25, 0.3) is 0 Å². The van der Waals surface area contributed by atoms with Crippen molar-refractivity contribution in [1.29, 1.82) is 0 Å². The fourth-order valence-electron chi connectivity index (χ4n) is 0.594. The van der Waals surface area contributed by atoms with Crippen LogP contribution < -0.4 is 5.73 Å². The number of carbonyl (C=O) groups is 1. The number of nitrogens with two attached hydrogens (primary N) is 1. The van der Waals surface area contributed by atoms with Crippen molar-refractivity contribution in [2.45, 2.75) is 12.5 Å². The van der Waals surface area contributed by atoms with Crippen molar-refractivity contribution < 1.29 is 14.3 Å². The van der Waals surface area contributed by atoms with Gasteiger partial charge in [0.05, 0.1) is 6.61 Å².